The topological polar surface area (TPSA) is 46.3 Å². The second kappa shape index (κ2) is 6.84. The maximum atomic E-state index is 12.1. The summed E-state index contributed by atoms with van der Waals surface area (Å²) >= 11 is 13.4. The van der Waals surface area contributed by atoms with Crippen LogP contribution in [0.25, 0.3) is 0 Å². The molecule has 0 saturated carbocycles. The number of thioether (sulfide) groups is 1. The molecule has 19 heavy (non-hydrogen) atoms. The molecular formula is C13H16Cl2N2OS. The summed E-state index contributed by atoms with van der Waals surface area (Å²) in [5.74, 6) is 0.541. The van der Waals surface area contributed by atoms with Crippen molar-refractivity contribution in [3.8, 4) is 0 Å². The zero-order valence-corrected chi connectivity index (χ0v) is 12.8. The van der Waals surface area contributed by atoms with Crippen molar-refractivity contribution < 1.29 is 4.79 Å². The van der Waals surface area contributed by atoms with Crippen LogP contribution in [0.3, 0.4) is 0 Å². The van der Waals surface area contributed by atoms with Gasteiger partial charge < -0.3 is 10.6 Å². The van der Waals surface area contributed by atoms with E-state index in [-0.39, 0.29) is 11.9 Å². The fraction of sp³-hybridized carbons (Fsp3) is 0.462. The fourth-order valence-corrected chi connectivity index (χ4v) is 3.37. The SMILES string of the molecule is NC1CCN(C(=O)CSc2ccc(Cl)cc2Cl)CC1. The van der Waals surface area contributed by atoms with E-state index in [1.807, 2.05) is 11.0 Å². The molecule has 0 bridgehead atoms. The number of carbonyl (C=O) groups excluding carboxylic acids is 1. The van der Waals surface area contributed by atoms with Crippen LogP contribution >= 0.6 is 35.0 Å². The van der Waals surface area contributed by atoms with Crippen LogP contribution < -0.4 is 5.73 Å². The summed E-state index contributed by atoms with van der Waals surface area (Å²) in [6.45, 7) is 1.52. The monoisotopic (exact) mass is 318 g/mol. The molecule has 0 spiro atoms. The number of hydrogen-bond acceptors (Lipinski definition) is 3. The highest BCUT2D eigenvalue weighted by atomic mass is 35.5. The van der Waals surface area contributed by atoms with Crippen molar-refractivity contribution in [2.24, 2.45) is 5.73 Å². The predicted octanol–water partition coefficient (Wildman–Crippen LogP) is 3.04. The van der Waals surface area contributed by atoms with Gasteiger partial charge in [-0.2, -0.15) is 0 Å². The smallest absolute Gasteiger partial charge is 0.232 e. The summed E-state index contributed by atoms with van der Waals surface area (Å²) in [4.78, 5) is 14.8. The Morgan fingerprint density at radius 2 is 2.05 bits per heavy atom. The number of carbonyl (C=O) groups is 1. The van der Waals surface area contributed by atoms with E-state index in [1.54, 1.807) is 12.1 Å². The fourth-order valence-electron chi connectivity index (χ4n) is 1.97. The van der Waals surface area contributed by atoms with E-state index in [9.17, 15) is 4.79 Å². The molecule has 6 heteroatoms. The second-order valence-corrected chi connectivity index (χ2v) is 6.44. The summed E-state index contributed by atoms with van der Waals surface area (Å²) in [5.41, 5.74) is 5.82. The van der Waals surface area contributed by atoms with E-state index >= 15 is 0 Å². The Bertz CT molecular complexity index is 462. The lowest BCUT2D eigenvalue weighted by atomic mass is 10.1. The molecule has 1 aliphatic rings. The van der Waals surface area contributed by atoms with Crippen LogP contribution in [0.2, 0.25) is 10.0 Å². The van der Waals surface area contributed by atoms with Gasteiger partial charge in [-0.1, -0.05) is 23.2 Å². The van der Waals surface area contributed by atoms with Crippen LogP contribution in [0.15, 0.2) is 23.1 Å². The summed E-state index contributed by atoms with van der Waals surface area (Å²) in [7, 11) is 0. The van der Waals surface area contributed by atoms with Gasteiger partial charge >= 0.3 is 0 Å². The molecule has 0 atom stereocenters. The van der Waals surface area contributed by atoms with Gasteiger partial charge in [0, 0.05) is 29.0 Å². The van der Waals surface area contributed by atoms with Gasteiger partial charge in [-0.05, 0) is 31.0 Å². The molecular weight excluding hydrogens is 303 g/mol. The number of halogens is 2. The van der Waals surface area contributed by atoms with E-state index in [0.29, 0.717) is 15.8 Å². The van der Waals surface area contributed by atoms with Crippen molar-refractivity contribution in [3.05, 3.63) is 28.2 Å². The first-order valence-electron chi connectivity index (χ1n) is 6.17. The molecule has 1 aromatic carbocycles. The molecule has 104 valence electrons. The average molecular weight is 319 g/mol. The average Bonchev–Trinajstić information content (AvgIpc) is 2.38. The third kappa shape index (κ3) is 4.28. The molecule has 3 nitrogen and oxygen atoms in total. The van der Waals surface area contributed by atoms with Gasteiger partial charge in [0.05, 0.1) is 10.8 Å². The summed E-state index contributed by atoms with van der Waals surface area (Å²) in [6, 6.07) is 5.55. The Labute approximate surface area is 127 Å². The lowest BCUT2D eigenvalue weighted by Crippen LogP contribution is -2.43. The molecule has 0 unspecified atom stereocenters. The quantitative estimate of drug-likeness (QED) is 0.871. The predicted molar refractivity (Wildman–Crippen MR) is 81.0 cm³/mol. The Morgan fingerprint density at radius 1 is 1.37 bits per heavy atom. The van der Waals surface area contributed by atoms with Crippen LogP contribution in [-0.4, -0.2) is 35.7 Å². The molecule has 1 saturated heterocycles. The van der Waals surface area contributed by atoms with Crippen molar-refractivity contribution >= 4 is 40.9 Å². The minimum absolute atomic E-state index is 0.142. The molecule has 1 aliphatic heterocycles. The molecule has 1 amide bonds. The number of likely N-dealkylation sites (tertiary alicyclic amines) is 1. The Morgan fingerprint density at radius 3 is 2.68 bits per heavy atom. The van der Waals surface area contributed by atoms with Crippen molar-refractivity contribution in [1.82, 2.24) is 4.90 Å². The molecule has 0 aromatic heterocycles. The van der Waals surface area contributed by atoms with Crippen molar-refractivity contribution in [2.75, 3.05) is 18.8 Å². The lowest BCUT2D eigenvalue weighted by molar-refractivity contribution is -0.129. The summed E-state index contributed by atoms with van der Waals surface area (Å²) < 4.78 is 0. The van der Waals surface area contributed by atoms with Crippen LogP contribution in [-0.2, 0) is 4.79 Å². The van der Waals surface area contributed by atoms with E-state index in [0.717, 1.165) is 30.8 Å². The van der Waals surface area contributed by atoms with Crippen molar-refractivity contribution in [3.63, 3.8) is 0 Å². The van der Waals surface area contributed by atoms with Gasteiger partial charge in [-0.3, -0.25) is 4.79 Å². The third-order valence-electron chi connectivity index (χ3n) is 3.14. The first-order valence-corrected chi connectivity index (χ1v) is 7.91. The van der Waals surface area contributed by atoms with Gasteiger partial charge in [-0.15, -0.1) is 11.8 Å². The van der Waals surface area contributed by atoms with Gasteiger partial charge in [0.15, 0.2) is 0 Å². The first kappa shape index (κ1) is 15.0. The van der Waals surface area contributed by atoms with Gasteiger partial charge in [0.1, 0.15) is 0 Å². The largest absolute Gasteiger partial charge is 0.342 e. The van der Waals surface area contributed by atoms with E-state index in [2.05, 4.69) is 0 Å². The van der Waals surface area contributed by atoms with Crippen LogP contribution in [0, 0.1) is 0 Å². The Kier molecular flexibility index (Phi) is 5.39. The van der Waals surface area contributed by atoms with Crippen LogP contribution in [0.4, 0.5) is 0 Å². The second-order valence-electron chi connectivity index (χ2n) is 4.58. The van der Waals surface area contributed by atoms with Crippen LogP contribution in [0.5, 0.6) is 0 Å². The van der Waals surface area contributed by atoms with Gasteiger partial charge in [0.2, 0.25) is 5.91 Å². The first-order chi connectivity index (χ1) is 9.06. The maximum absolute atomic E-state index is 12.1. The molecule has 1 aromatic rings. The zero-order valence-electron chi connectivity index (χ0n) is 10.4. The number of hydrogen-bond donors (Lipinski definition) is 1. The van der Waals surface area contributed by atoms with Crippen molar-refractivity contribution in [2.45, 2.75) is 23.8 Å². The Balaban J connectivity index is 1.86. The standard InChI is InChI=1S/C13H16Cl2N2OS/c14-9-1-2-12(11(15)7-9)19-8-13(18)17-5-3-10(16)4-6-17/h1-2,7,10H,3-6,8,16H2. The molecule has 0 aliphatic carbocycles. The molecule has 0 radical (unpaired) electrons. The van der Waals surface area contributed by atoms with Crippen molar-refractivity contribution in [1.29, 1.82) is 0 Å². The van der Waals surface area contributed by atoms with E-state index in [1.165, 1.54) is 11.8 Å². The highest BCUT2D eigenvalue weighted by Crippen LogP contribution is 2.29. The van der Waals surface area contributed by atoms with Gasteiger partial charge in [-0.25, -0.2) is 0 Å². The number of piperidine rings is 1. The van der Waals surface area contributed by atoms with E-state index in [4.69, 9.17) is 28.9 Å². The third-order valence-corrected chi connectivity index (χ3v) is 4.86. The minimum Gasteiger partial charge on any atom is -0.342 e. The number of rotatable bonds is 3. The summed E-state index contributed by atoms with van der Waals surface area (Å²) in [6.07, 6.45) is 1.77. The Hall–Kier alpha value is -0.420. The normalized spacial score (nSPS) is 16.7. The molecule has 1 fully saturated rings. The minimum atomic E-state index is 0.142. The number of amides is 1. The number of nitrogens with two attached hydrogens (primary N) is 1. The maximum Gasteiger partial charge on any atom is 0.232 e. The van der Waals surface area contributed by atoms with Crippen LogP contribution in [0.1, 0.15) is 12.8 Å². The van der Waals surface area contributed by atoms with Gasteiger partial charge in [0.25, 0.3) is 0 Å². The lowest BCUT2D eigenvalue weighted by Gasteiger charge is -2.30. The number of benzene rings is 1. The number of nitrogens with zero attached hydrogens (tertiary/aromatic N) is 1. The molecule has 2 N–H and O–H groups in total. The van der Waals surface area contributed by atoms with E-state index < -0.39 is 0 Å². The summed E-state index contributed by atoms with van der Waals surface area (Å²) in [5, 5.41) is 1.19. The highest BCUT2D eigenvalue weighted by Gasteiger charge is 2.20. The molecule has 1 heterocycles. The zero-order chi connectivity index (χ0) is 13.8. The highest BCUT2D eigenvalue weighted by molar-refractivity contribution is 8.00. The molecule has 2 rings (SSSR count).